The van der Waals surface area contributed by atoms with Crippen LogP contribution in [0.15, 0.2) is 65.3 Å². The molecule has 3 aromatic rings. The minimum Gasteiger partial charge on any atom is -0.495 e. The maximum atomic E-state index is 13.2. The highest BCUT2D eigenvalue weighted by Crippen LogP contribution is 2.28. The molecule has 2 amide bonds. The molecular weight excluding hydrogens is 400 g/mol. The van der Waals surface area contributed by atoms with Gasteiger partial charge in [-0.15, -0.1) is 0 Å². The van der Waals surface area contributed by atoms with Gasteiger partial charge in [-0.1, -0.05) is 12.1 Å². The molecule has 0 aliphatic heterocycles. The van der Waals surface area contributed by atoms with Crippen LogP contribution >= 0.6 is 0 Å². The molecule has 1 aromatic heterocycles. The lowest BCUT2D eigenvalue weighted by Gasteiger charge is -2.22. The molecule has 0 spiro atoms. The Morgan fingerprint density at radius 1 is 0.903 bits per heavy atom. The zero-order valence-electron chi connectivity index (χ0n) is 17.6. The van der Waals surface area contributed by atoms with Crippen molar-refractivity contribution >= 4 is 17.5 Å². The quantitative estimate of drug-likeness (QED) is 0.565. The summed E-state index contributed by atoms with van der Waals surface area (Å²) in [5.74, 6) is 1.28. The predicted octanol–water partition coefficient (Wildman–Crippen LogP) is 3.59. The van der Waals surface area contributed by atoms with Crippen LogP contribution in [0.3, 0.4) is 0 Å². The Labute approximate surface area is 180 Å². The van der Waals surface area contributed by atoms with Gasteiger partial charge in [0, 0.05) is 5.56 Å². The summed E-state index contributed by atoms with van der Waals surface area (Å²) >= 11 is 0. The molecule has 3 rings (SSSR count). The van der Waals surface area contributed by atoms with E-state index >= 15 is 0 Å². The van der Waals surface area contributed by atoms with Crippen molar-refractivity contribution in [3.63, 3.8) is 0 Å². The lowest BCUT2D eigenvalue weighted by Crippen LogP contribution is -2.37. The molecule has 0 atom stereocenters. The number of furan rings is 1. The van der Waals surface area contributed by atoms with Crippen molar-refractivity contribution in [1.82, 2.24) is 4.90 Å². The van der Waals surface area contributed by atoms with Crippen LogP contribution < -0.4 is 19.5 Å². The van der Waals surface area contributed by atoms with Crippen molar-refractivity contribution in [3.05, 3.63) is 72.2 Å². The highest BCUT2D eigenvalue weighted by Gasteiger charge is 2.22. The second kappa shape index (κ2) is 10.2. The first-order chi connectivity index (χ1) is 15.0. The number of carbonyl (C=O) groups excluding carboxylic acids is 2. The van der Waals surface area contributed by atoms with E-state index in [2.05, 4.69) is 5.32 Å². The van der Waals surface area contributed by atoms with Gasteiger partial charge in [-0.25, -0.2) is 0 Å². The average Bonchev–Trinajstić information content (AvgIpc) is 3.31. The summed E-state index contributed by atoms with van der Waals surface area (Å²) in [5.41, 5.74) is 0.876. The Hall–Kier alpha value is -3.94. The minimum absolute atomic E-state index is 0.125. The fraction of sp³-hybridized carbons (Fsp3) is 0.217. The van der Waals surface area contributed by atoms with E-state index < -0.39 is 0 Å². The summed E-state index contributed by atoms with van der Waals surface area (Å²) in [5, 5.41) is 2.79. The number of hydrogen-bond acceptors (Lipinski definition) is 6. The molecule has 0 aliphatic carbocycles. The monoisotopic (exact) mass is 424 g/mol. The van der Waals surface area contributed by atoms with Gasteiger partial charge in [0.05, 0.1) is 39.8 Å². The van der Waals surface area contributed by atoms with Crippen LogP contribution in [0.4, 0.5) is 5.69 Å². The van der Waals surface area contributed by atoms with Gasteiger partial charge >= 0.3 is 0 Å². The van der Waals surface area contributed by atoms with Crippen molar-refractivity contribution < 1.29 is 28.2 Å². The Bertz CT molecular complexity index is 1030. The summed E-state index contributed by atoms with van der Waals surface area (Å²) in [7, 11) is 4.53. The molecule has 2 aromatic carbocycles. The SMILES string of the molecule is COc1ccccc1NC(=O)CN(Cc1ccco1)C(=O)c1ccc(OC)c(OC)c1. The van der Waals surface area contributed by atoms with E-state index in [0.717, 1.165) is 0 Å². The lowest BCUT2D eigenvalue weighted by molar-refractivity contribution is -0.117. The second-order valence-electron chi connectivity index (χ2n) is 6.56. The van der Waals surface area contributed by atoms with Gasteiger partial charge in [-0.2, -0.15) is 0 Å². The molecule has 1 heterocycles. The highest BCUT2D eigenvalue weighted by molar-refractivity contribution is 6.00. The topological polar surface area (TPSA) is 90.2 Å². The first-order valence-corrected chi connectivity index (χ1v) is 9.52. The number of methoxy groups -OCH3 is 3. The zero-order valence-corrected chi connectivity index (χ0v) is 17.6. The van der Waals surface area contributed by atoms with Crippen molar-refractivity contribution in [2.45, 2.75) is 6.54 Å². The molecule has 162 valence electrons. The normalized spacial score (nSPS) is 10.3. The number of carbonyl (C=O) groups is 2. The van der Waals surface area contributed by atoms with Crippen LogP contribution in [0.1, 0.15) is 16.1 Å². The number of nitrogens with zero attached hydrogens (tertiary/aromatic N) is 1. The Morgan fingerprint density at radius 3 is 2.32 bits per heavy atom. The standard InChI is InChI=1S/C23H24N2O6/c1-28-19-9-5-4-8-18(19)24-22(26)15-25(14-17-7-6-12-31-17)23(27)16-10-11-20(29-2)21(13-16)30-3/h4-13H,14-15H2,1-3H3,(H,24,26). The van der Waals surface area contributed by atoms with Crippen molar-refractivity contribution in [3.8, 4) is 17.2 Å². The third-order valence-electron chi connectivity index (χ3n) is 4.56. The number of nitrogens with one attached hydrogen (secondary N) is 1. The summed E-state index contributed by atoms with van der Waals surface area (Å²) in [6, 6.07) is 15.4. The number of para-hydroxylation sites is 2. The predicted molar refractivity (Wildman–Crippen MR) is 115 cm³/mol. The van der Waals surface area contributed by atoms with E-state index in [9.17, 15) is 9.59 Å². The van der Waals surface area contributed by atoms with Crippen LogP contribution in [0.5, 0.6) is 17.2 Å². The summed E-state index contributed by atoms with van der Waals surface area (Å²) in [6.45, 7) is -0.0640. The molecule has 8 nitrogen and oxygen atoms in total. The highest BCUT2D eigenvalue weighted by atomic mass is 16.5. The molecule has 0 saturated carbocycles. The zero-order chi connectivity index (χ0) is 22.2. The van der Waals surface area contributed by atoms with E-state index in [1.54, 1.807) is 54.6 Å². The van der Waals surface area contributed by atoms with Gasteiger partial charge < -0.3 is 28.8 Å². The summed E-state index contributed by atoms with van der Waals surface area (Å²) < 4.78 is 21.2. The van der Waals surface area contributed by atoms with Gasteiger partial charge in [0.1, 0.15) is 18.1 Å². The van der Waals surface area contributed by atoms with E-state index in [4.69, 9.17) is 18.6 Å². The average molecular weight is 424 g/mol. The van der Waals surface area contributed by atoms with Gasteiger partial charge in [-0.05, 0) is 42.5 Å². The number of rotatable bonds is 9. The maximum Gasteiger partial charge on any atom is 0.254 e. The van der Waals surface area contributed by atoms with Gasteiger partial charge in [0.25, 0.3) is 5.91 Å². The van der Waals surface area contributed by atoms with Gasteiger partial charge in [0.2, 0.25) is 5.91 Å². The molecular formula is C23H24N2O6. The summed E-state index contributed by atoms with van der Waals surface area (Å²) in [4.78, 5) is 27.4. The first kappa shape index (κ1) is 21.8. The number of amides is 2. The molecule has 0 radical (unpaired) electrons. The van der Waals surface area contributed by atoms with E-state index in [1.165, 1.54) is 32.5 Å². The molecule has 0 bridgehead atoms. The van der Waals surface area contributed by atoms with E-state index in [1.807, 2.05) is 0 Å². The minimum atomic E-state index is -0.370. The molecule has 8 heteroatoms. The van der Waals surface area contributed by atoms with Crippen LogP contribution in [0, 0.1) is 0 Å². The largest absolute Gasteiger partial charge is 0.495 e. The van der Waals surface area contributed by atoms with Crippen LogP contribution in [-0.4, -0.2) is 44.6 Å². The number of benzene rings is 2. The fourth-order valence-corrected chi connectivity index (χ4v) is 3.05. The molecule has 1 N–H and O–H groups in total. The number of hydrogen-bond donors (Lipinski definition) is 1. The molecule has 0 unspecified atom stereocenters. The van der Waals surface area contributed by atoms with E-state index in [-0.39, 0.29) is 24.9 Å². The Morgan fingerprint density at radius 2 is 1.65 bits per heavy atom. The maximum absolute atomic E-state index is 13.2. The third kappa shape index (κ3) is 5.36. The van der Waals surface area contributed by atoms with Crippen molar-refractivity contribution in [1.29, 1.82) is 0 Å². The third-order valence-corrected chi connectivity index (χ3v) is 4.56. The van der Waals surface area contributed by atoms with Crippen LogP contribution in [-0.2, 0) is 11.3 Å². The first-order valence-electron chi connectivity index (χ1n) is 9.52. The van der Waals surface area contributed by atoms with Crippen molar-refractivity contribution in [2.24, 2.45) is 0 Å². The smallest absolute Gasteiger partial charge is 0.254 e. The Kier molecular flexibility index (Phi) is 7.16. The van der Waals surface area contributed by atoms with Gasteiger partial charge in [-0.3, -0.25) is 9.59 Å². The molecule has 0 aliphatic rings. The molecule has 31 heavy (non-hydrogen) atoms. The van der Waals surface area contributed by atoms with Crippen molar-refractivity contribution in [2.75, 3.05) is 33.2 Å². The molecule has 0 saturated heterocycles. The number of anilines is 1. The van der Waals surface area contributed by atoms with Gasteiger partial charge in [0.15, 0.2) is 11.5 Å². The number of ether oxygens (including phenoxy) is 3. The van der Waals surface area contributed by atoms with E-state index in [0.29, 0.717) is 34.3 Å². The van der Waals surface area contributed by atoms with Crippen LogP contribution in [0.2, 0.25) is 0 Å². The summed E-state index contributed by atoms with van der Waals surface area (Å²) in [6.07, 6.45) is 1.52. The van der Waals surface area contributed by atoms with Crippen LogP contribution in [0.25, 0.3) is 0 Å². The fourth-order valence-electron chi connectivity index (χ4n) is 3.05. The second-order valence-corrected chi connectivity index (χ2v) is 6.56. The molecule has 0 fully saturated rings. The lowest BCUT2D eigenvalue weighted by atomic mass is 10.1. The Balaban J connectivity index is 1.82.